The third-order valence-electron chi connectivity index (χ3n) is 4.99. The van der Waals surface area contributed by atoms with E-state index in [9.17, 15) is 0 Å². The van der Waals surface area contributed by atoms with E-state index in [-0.39, 0.29) is 5.92 Å². The third-order valence-corrected chi connectivity index (χ3v) is 4.99. The van der Waals surface area contributed by atoms with E-state index in [4.69, 9.17) is 20.9 Å². The Bertz CT molecular complexity index is 997. The summed E-state index contributed by atoms with van der Waals surface area (Å²) in [5.74, 6) is 3.37. The van der Waals surface area contributed by atoms with Crippen LogP contribution in [0.3, 0.4) is 0 Å². The van der Waals surface area contributed by atoms with Crippen molar-refractivity contribution in [2.75, 3.05) is 11.5 Å². The van der Waals surface area contributed by atoms with Crippen LogP contribution in [-0.2, 0) is 0 Å². The molecule has 0 aromatic heterocycles. The molecule has 0 atom stereocenters. The number of benzene rings is 4. The monoisotopic (exact) mass is 396 g/mol. The van der Waals surface area contributed by atoms with Crippen LogP contribution in [0.1, 0.15) is 24.0 Å². The highest BCUT2D eigenvalue weighted by molar-refractivity contribution is 5.45. The largest absolute Gasteiger partial charge is 0.457 e. The lowest BCUT2D eigenvalue weighted by molar-refractivity contribution is 0.482. The van der Waals surface area contributed by atoms with E-state index < -0.39 is 0 Å². The van der Waals surface area contributed by atoms with E-state index in [2.05, 4.69) is 31.2 Å². The SMILES string of the molecule is CC(c1ccc(Oc2ccc(N)cc2)cc1)c1ccc(Oc2ccc(N)cc2)cc1. The molecule has 0 fully saturated rings. The third kappa shape index (κ3) is 4.73. The first-order valence-corrected chi connectivity index (χ1v) is 9.83. The highest BCUT2D eigenvalue weighted by Gasteiger charge is 2.09. The van der Waals surface area contributed by atoms with E-state index in [0.29, 0.717) is 0 Å². The molecule has 150 valence electrons. The number of anilines is 2. The van der Waals surface area contributed by atoms with Gasteiger partial charge in [-0.25, -0.2) is 0 Å². The van der Waals surface area contributed by atoms with Crippen molar-refractivity contribution in [3.8, 4) is 23.0 Å². The highest BCUT2D eigenvalue weighted by atomic mass is 16.5. The maximum absolute atomic E-state index is 5.87. The summed E-state index contributed by atoms with van der Waals surface area (Å²) in [6.07, 6.45) is 0. The van der Waals surface area contributed by atoms with E-state index >= 15 is 0 Å². The maximum Gasteiger partial charge on any atom is 0.127 e. The number of hydrogen-bond donors (Lipinski definition) is 2. The van der Waals surface area contributed by atoms with Crippen LogP contribution in [0.15, 0.2) is 97.1 Å². The van der Waals surface area contributed by atoms with Gasteiger partial charge in [-0.2, -0.15) is 0 Å². The molecule has 4 aromatic rings. The van der Waals surface area contributed by atoms with Gasteiger partial charge < -0.3 is 20.9 Å². The molecule has 0 heterocycles. The fourth-order valence-electron chi connectivity index (χ4n) is 3.19. The van der Waals surface area contributed by atoms with Gasteiger partial charge in [-0.15, -0.1) is 0 Å². The van der Waals surface area contributed by atoms with Crippen molar-refractivity contribution in [3.63, 3.8) is 0 Å². The first-order chi connectivity index (χ1) is 14.6. The molecular weight excluding hydrogens is 372 g/mol. The lowest BCUT2D eigenvalue weighted by atomic mass is 9.93. The zero-order valence-corrected chi connectivity index (χ0v) is 16.8. The Balaban J connectivity index is 1.41. The van der Waals surface area contributed by atoms with Crippen LogP contribution in [0.5, 0.6) is 23.0 Å². The van der Waals surface area contributed by atoms with Crippen molar-refractivity contribution in [3.05, 3.63) is 108 Å². The van der Waals surface area contributed by atoms with Crippen LogP contribution < -0.4 is 20.9 Å². The lowest BCUT2D eigenvalue weighted by Crippen LogP contribution is -1.96. The number of ether oxygens (including phenoxy) is 2. The van der Waals surface area contributed by atoms with Crippen LogP contribution in [0, 0.1) is 0 Å². The molecule has 0 aliphatic carbocycles. The van der Waals surface area contributed by atoms with Crippen LogP contribution in [-0.4, -0.2) is 0 Å². The van der Waals surface area contributed by atoms with Crippen LogP contribution in [0.2, 0.25) is 0 Å². The van der Waals surface area contributed by atoms with Gasteiger partial charge in [-0.1, -0.05) is 31.2 Å². The summed E-state index contributed by atoms with van der Waals surface area (Å²) in [5, 5.41) is 0. The summed E-state index contributed by atoms with van der Waals surface area (Å²) in [4.78, 5) is 0. The van der Waals surface area contributed by atoms with Gasteiger partial charge in [0.2, 0.25) is 0 Å². The zero-order valence-electron chi connectivity index (χ0n) is 16.8. The second kappa shape index (κ2) is 8.62. The predicted octanol–water partition coefficient (Wildman–Crippen LogP) is 6.59. The Labute approximate surface area is 176 Å². The Kier molecular flexibility index (Phi) is 5.57. The molecule has 0 bridgehead atoms. The Morgan fingerprint density at radius 1 is 0.467 bits per heavy atom. The molecule has 4 aromatic carbocycles. The molecule has 4 nitrogen and oxygen atoms in total. The van der Waals surface area contributed by atoms with Gasteiger partial charge in [-0.05, 0) is 83.9 Å². The van der Waals surface area contributed by atoms with Crippen molar-refractivity contribution >= 4 is 11.4 Å². The highest BCUT2D eigenvalue weighted by Crippen LogP contribution is 2.30. The van der Waals surface area contributed by atoms with Gasteiger partial charge in [0, 0.05) is 17.3 Å². The van der Waals surface area contributed by atoms with Crippen molar-refractivity contribution in [1.82, 2.24) is 0 Å². The molecule has 0 unspecified atom stereocenters. The molecule has 0 saturated heterocycles. The maximum atomic E-state index is 5.87. The molecule has 4 N–H and O–H groups in total. The topological polar surface area (TPSA) is 70.5 Å². The van der Waals surface area contributed by atoms with Gasteiger partial charge in [-0.3, -0.25) is 0 Å². The van der Waals surface area contributed by atoms with Crippen molar-refractivity contribution in [1.29, 1.82) is 0 Å². The first-order valence-electron chi connectivity index (χ1n) is 9.83. The normalized spacial score (nSPS) is 10.7. The molecule has 30 heavy (non-hydrogen) atoms. The van der Waals surface area contributed by atoms with E-state index in [1.807, 2.05) is 72.8 Å². The molecule has 0 aliphatic heterocycles. The van der Waals surface area contributed by atoms with E-state index in [0.717, 1.165) is 34.4 Å². The Morgan fingerprint density at radius 3 is 1.03 bits per heavy atom. The number of nitrogens with two attached hydrogens (primary N) is 2. The minimum Gasteiger partial charge on any atom is -0.457 e. The molecule has 4 heteroatoms. The summed E-state index contributed by atoms with van der Waals surface area (Å²) >= 11 is 0. The van der Waals surface area contributed by atoms with Gasteiger partial charge in [0.25, 0.3) is 0 Å². The Hall–Kier alpha value is -3.92. The van der Waals surface area contributed by atoms with Gasteiger partial charge in [0.15, 0.2) is 0 Å². The fraction of sp³-hybridized carbons (Fsp3) is 0.0769. The standard InChI is InChI=1S/C26H24N2O2/c1-18(19-2-10-23(11-3-19)29-25-14-6-21(27)7-15-25)20-4-12-24(13-5-20)30-26-16-8-22(28)9-17-26/h2-18H,27-28H2,1H3. The summed E-state index contributed by atoms with van der Waals surface area (Å²) < 4.78 is 11.7. The van der Waals surface area contributed by atoms with E-state index in [1.54, 1.807) is 0 Å². The van der Waals surface area contributed by atoms with Gasteiger partial charge >= 0.3 is 0 Å². The zero-order chi connectivity index (χ0) is 20.9. The van der Waals surface area contributed by atoms with Crippen molar-refractivity contribution in [2.24, 2.45) is 0 Å². The quantitative estimate of drug-likeness (QED) is 0.361. The molecule has 0 aliphatic rings. The first kappa shape index (κ1) is 19.4. The molecule has 0 spiro atoms. The van der Waals surface area contributed by atoms with Crippen LogP contribution in [0.4, 0.5) is 11.4 Å². The minimum atomic E-state index is 0.251. The van der Waals surface area contributed by atoms with Gasteiger partial charge in [0.05, 0.1) is 0 Å². The average Bonchev–Trinajstić information content (AvgIpc) is 2.77. The molecule has 0 radical (unpaired) electrons. The van der Waals surface area contributed by atoms with Crippen LogP contribution in [0.25, 0.3) is 0 Å². The summed E-state index contributed by atoms with van der Waals surface area (Å²) in [6, 6.07) is 31.1. The molecule has 4 rings (SSSR count). The molecular formula is C26H24N2O2. The number of nitrogen functional groups attached to an aromatic ring is 2. The Morgan fingerprint density at radius 2 is 0.733 bits per heavy atom. The number of rotatable bonds is 6. The lowest BCUT2D eigenvalue weighted by Gasteiger charge is -2.14. The second-order valence-electron chi connectivity index (χ2n) is 7.20. The van der Waals surface area contributed by atoms with Crippen molar-refractivity contribution < 1.29 is 9.47 Å². The van der Waals surface area contributed by atoms with Gasteiger partial charge in [0.1, 0.15) is 23.0 Å². The van der Waals surface area contributed by atoms with Crippen molar-refractivity contribution in [2.45, 2.75) is 12.8 Å². The molecule has 0 saturated carbocycles. The van der Waals surface area contributed by atoms with E-state index in [1.165, 1.54) is 11.1 Å². The summed E-state index contributed by atoms with van der Waals surface area (Å²) in [6.45, 7) is 2.19. The number of hydrogen-bond acceptors (Lipinski definition) is 4. The van der Waals surface area contributed by atoms with Crippen LogP contribution >= 0.6 is 0 Å². The second-order valence-corrected chi connectivity index (χ2v) is 7.20. The fourth-order valence-corrected chi connectivity index (χ4v) is 3.19. The predicted molar refractivity (Wildman–Crippen MR) is 122 cm³/mol. The average molecular weight is 396 g/mol. The summed E-state index contributed by atoms with van der Waals surface area (Å²) in [5.41, 5.74) is 15.3. The minimum absolute atomic E-state index is 0.251. The summed E-state index contributed by atoms with van der Waals surface area (Å²) in [7, 11) is 0. The smallest absolute Gasteiger partial charge is 0.127 e. The molecule has 0 amide bonds.